The van der Waals surface area contributed by atoms with Gasteiger partial charge in [-0.2, -0.15) is 0 Å². The number of benzene rings is 1. The molecule has 0 saturated heterocycles. The van der Waals surface area contributed by atoms with Crippen LogP contribution in [0.3, 0.4) is 0 Å². The lowest BCUT2D eigenvalue weighted by Gasteiger charge is -2.30. The van der Waals surface area contributed by atoms with Crippen LogP contribution < -0.4 is 5.32 Å². The van der Waals surface area contributed by atoms with E-state index in [-0.39, 0.29) is 5.82 Å². The Labute approximate surface area is 92.7 Å². The first kappa shape index (κ1) is 11.5. The van der Waals surface area contributed by atoms with Crippen molar-refractivity contribution in [1.29, 1.82) is 0 Å². The first-order valence-corrected chi connectivity index (χ1v) is 5.42. The van der Waals surface area contributed by atoms with Crippen LogP contribution in [0.2, 0.25) is 0 Å². The standard InChI is InChI=1S/C12H14F3N/c1-2-16-12(11(14)15)6-5-8-7-9(13)3-4-10(8)12/h3-4,7,11,16H,2,5-6H2,1H3. The van der Waals surface area contributed by atoms with E-state index >= 15 is 0 Å². The summed E-state index contributed by atoms with van der Waals surface area (Å²) in [6.07, 6.45) is -1.64. The molecule has 88 valence electrons. The largest absolute Gasteiger partial charge is 0.303 e. The van der Waals surface area contributed by atoms with Crippen LogP contribution >= 0.6 is 0 Å². The smallest absolute Gasteiger partial charge is 0.260 e. The van der Waals surface area contributed by atoms with E-state index in [0.29, 0.717) is 30.5 Å². The van der Waals surface area contributed by atoms with Gasteiger partial charge in [-0.25, -0.2) is 13.2 Å². The minimum Gasteiger partial charge on any atom is -0.303 e. The number of hydrogen-bond acceptors (Lipinski definition) is 1. The fraction of sp³-hybridized carbons (Fsp3) is 0.500. The molecule has 1 nitrogen and oxygen atoms in total. The van der Waals surface area contributed by atoms with Gasteiger partial charge in [0.05, 0.1) is 0 Å². The van der Waals surface area contributed by atoms with E-state index in [1.54, 1.807) is 6.92 Å². The lowest BCUT2D eigenvalue weighted by atomic mass is 9.92. The summed E-state index contributed by atoms with van der Waals surface area (Å²) in [4.78, 5) is 0. The van der Waals surface area contributed by atoms with Crippen molar-refractivity contribution in [3.63, 3.8) is 0 Å². The van der Waals surface area contributed by atoms with Crippen molar-refractivity contribution < 1.29 is 13.2 Å². The van der Waals surface area contributed by atoms with Crippen LogP contribution in [-0.2, 0) is 12.0 Å². The van der Waals surface area contributed by atoms with Crippen molar-refractivity contribution in [2.24, 2.45) is 0 Å². The zero-order chi connectivity index (χ0) is 11.8. The fourth-order valence-electron chi connectivity index (χ4n) is 2.47. The Morgan fingerprint density at radius 1 is 1.44 bits per heavy atom. The van der Waals surface area contributed by atoms with Crippen LogP contribution in [0.5, 0.6) is 0 Å². The second-order valence-corrected chi connectivity index (χ2v) is 4.10. The fourth-order valence-corrected chi connectivity index (χ4v) is 2.47. The zero-order valence-electron chi connectivity index (χ0n) is 9.06. The quantitative estimate of drug-likeness (QED) is 0.840. The highest BCUT2D eigenvalue weighted by atomic mass is 19.3. The molecule has 1 aromatic rings. The van der Waals surface area contributed by atoms with E-state index in [1.807, 2.05) is 0 Å². The first-order valence-electron chi connectivity index (χ1n) is 5.42. The molecule has 1 N–H and O–H groups in total. The third-order valence-corrected chi connectivity index (χ3v) is 3.20. The van der Waals surface area contributed by atoms with Gasteiger partial charge >= 0.3 is 0 Å². The van der Waals surface area contributed by atoms with Crippen LogP contribution in [0.1, 0.15) is 24.5 Å². The summed E-state index contributed by atoms with van der Waals surface area (Å²) in [5.41, 5.74) is -0.0374. The molecule has 4 heteroatoms. The van der Waals surface area contributed by atoms with Gasteiger partial charge in [-0.3, -0.25) is 0 Å². The van der Waals surface area contributed by atoms with Gasteiger partial charge < -0.3 is 5.32 Å². The van der Waals surface area contributed by atoms with E-state index < -0.39 is 12.0 Å². The van der Waals surface area contributed by atoms with Crippen molar-refractivity contribution >= 4 is 0 Å². The molecule has 16 heavy (non-hydrogen) atoms. The lowest BCUT2D eigenvalue weighted by molar-refractivity contribution is 0.0289. The van der Waals surface area contributed by atoms with Crippen molar-refractivity contribution in [3.8, 4) is 0 Å². The van der Waals surface area contributed by atoms with E-state index in [0.717, 1.165) is 0 Å². The molecule has 0 bridgehead atoms. The molecule has 1 atom stereocenters. The molecular formula is C12H14F3N. The first-order chi connectivity index (χ1) is 7.60. The highest BCUT2D eigenvalue weighted by Crippen LogP contribution is 2.41. The molecule has 0 amide bonds. The van der Waals surface area contributed by atoms with E-state index in [4.69, 9.17) is 0 Å². The topological polar surface area (TPSA) is 12.0 Å². The maximum atomic E-state index is 13.2. The summed E-state index contributed by atoms with van der Waals surface area (Å²) in [7, 11) is 0. The van der Waals surface area contributed by atoms with Crippen molar-refractivity contribution in [1.82, 2.24) is 5.32 Å². The van der Waals surface area contributed by atoms with Gasteiger partial charge in [0, 0.05) is 0 Å². The summed E-state index contributed by atoms with van der Waals surface area (Å²) in [5, 5.41) is 2.86. The van der Waals surface area contributed by atoms with Crippen molar-refractivity contribution in [2.75, 3.05) is 6.54 Å². The molecule has 1 unspecified atom stereocenters. The monoisotopic (exact) mass is 229 g/mol. The predicted molar refractivity (Wildman–Crippen MR) is 56.1 cm³/mol. The van der Waals surface area contributed by atoms with Crippen molar-refractivity contribution in [3.05, 3.63) is 35.1 Å². The molecule has 0 aromatic heterocycles. The van der Waals surface area contributed by atoms with Gasteiger partial charge in [-0.05, 0) is 42.6 Å². The Morgan fingerprint density at radius 3 is 2.81 bits per heavy atom. The molecule has 1 aliphatic carbocycles. The number of alkyl halides is 2. The van der Waals surface area contributed by atoms with E-state index in [2.05, 4.69) is 5.32 Å². The SMILES string of the molecule is CCNC1(C(F)F)CCc2cc(F)ccc21. The van der Waals surface area contributed by atoms with Gasteiger partial charge in [-0.1, -0.05) is 13.0 Å². The molecule has 1 aliphatic rings. The lowest BCUT2D eigenvalue weighted by Crippen LogP contribution is -2.46. The van der Waals surface area contributed by atoms with Crippen molar-refractivity contribution in [2.45, 2.75) is 31.7 Å². The number of nitrogens with one attached hydrogen (secondary N) is 1. The maximum Gasteiger partial charge on any atom is 0.260 e. The molecule has 0 spiro atoms. The van der Waals surface area contributed by atoms with E-state index in [1.165, 1.54) is 18.2 Å². The van der Waals surface area contributed by atoms with Crippen LogP contribution in [0.25, 0.3) is 0 Å². The number of halogens is 3. The summed E-state index contributed by atoms with van der Waals surface area (Å²) in [5.74, 6) is -0.361. The Balaban J connectivity index is 2.46. The highest BCUT2D eigenvalue weighted by Gasteiger charge is 2.45. The molecule has 0 heterocycles. The normalized spacial score (nSPS) is 23.8. The third-order valence-electron chi connectivity index (χ3n) is 3.20. The number of fused-ring (bicyclic) bond motifs is 1. The van der Waals surface area contributed by atoms with Gasteiger partial charge in [0.1, 0.15) is 11.4 Å². The van der Waals surface area contributed by atoms with Crippen LogP contribution in [0.15, 0.2) is 18.2 Å². The minimum atomic E-state index is -2.47. The molecule has 0 aliphatic heterocycles. The van der Waals surface area contributed by atoms with Crippen LogP contribution in [0, 0.1) is 5.82 Å². The number of rotatable bonds is 3. The zero-order valence-corrected chi connectivity index (χ0v) is 9.06. The Bertz CT molecular complexity index is 392. The molecule has 2 rings (SSSR count). The highest BCUT2D eigenvalue weighted by molar-refractivity contribution is 5.39. The van der Waals surface area contributed by atoms with Gasteiger partial charge in [0.15, 0.2) is 0 Å². The average Bonchev–Trinajstić information content (AvgIpc) is 2.58. The summed E-state index contributed by atoms with van der Waals surface area (Å²) in [6.45, 7) is 2.27. The van der Waals surface area contributed by atoms with Gasteiger partial charge in [0.25, 0.3) is 6.43 Å². The van der Waals surface area contributed by atoms with Crippen LogP contribution in [-0.4, -0.2) is 13.0 Å². The molecular weight excluding hydrogens is 215 g/mol. The molecule has 1 aromatic carbocycles. The second kappa shape index (κ2) is 4.09. The summed E-state index contributed by atoms with van der Waals surface area (Å²) < 4.78 is 39.4. The molecule has 0 saturated carbocycles. The average molecular weight is 229 g/mol. The Hall–Kier alpha value is -1.03. The minimum absolute atomic E-state index is 0.331. The van der Waals surface area contributed by atoms with Crippen LogP contribution in [0.4, 0.5) is 13.2 Å². The number of aryl methyl sites for hydroxylation is 1. The van der Waals surface area contributed by atoms with E-state index in [9.17, 15) is 13.2 Å². The van der Waals surface area contributed by atoms with Gasteiger partial charge in [0.2, 0.25) is 0 Å². The predicted octanol–water partition coefficient (Wildman–Crippen LogP) is 2.84. The third kappa shape index (κ3) is 1.61. The summed E-state index contributed by atoms with van der Waals surface area (Å²) >= 11 is 0. The summed E-state index contributed by atoms with van der Waals surface area (Å²) in [6, 6.07) is 4.09. The Kier molecular flexibility index (Phi) is 2.93. The molecule has 0 fully saturated rings. The number of hydrogen-bond donors (Lipinski definition) is 1. The Morgan fingerprint density at radius 2 is 2.19 bits per heavy atom. The second-order valence-electron chi connectivity index (χ2n) is 4.10. The maximum absolute atomic E-state index is 13.2. The molecule has 0 radical (unpaired) electrons. The van der Waals surface area contributed by atoms with Gasteiger partial charge in [-0.15, -0.1) is 0 Å².